The highest BCUT2D eigenvalue weighted by Crippen LogP contribution is 2.15. The molecule has 0 radical (unpaired) electrons. The van der Waals surface area contributed by atoms with E-state index >= 15 is 0 Å². The molecule has 1 aromatic carbocycles. The molecule has 0 amide bonds. The minimum atomic E-state index is -0.00579. The van der Waals surface area contributed by atoms with E-state index in [9.17, 15) is 0 Å². The van der Waals surface area contributed by atoms with Gasteiger partial charge < -0.3 is 10.5 Å². The molecule has 0 aliphatic rings. The standard InChI is InChI=1S/C19H33NO/c1-4-5-6-7-8-13-21-15-19(20)18-11-9-17(10-12-18)14-16(2)3/h9-12,16,19H,4-8,13-15,20H2,1-3H3. The highest BCUT2D eigenvalue weighted by atomic mass is 16.5. The molecular formula is C19H33NO. The Labute approximate surface area is 131 Å². The van der Waals surface area contributed by atoms with Crippen molar-refractivity contribution < 1.29 is 4.74 Å². The Morgan fingerprint density at radius 2 is 1.67 bits per heavy atom. The number of nitrogens with two attached hydrogens (primary N) is 1. The normalized spacial score (nSPS) is 12.8. The lowest BCUT2D eigenvalue weighted by Gasteiger charge is -2.14. The molecule has 0 saturated heterocycles. The van der Waals surface area contributed by atoms with E-state index in [1.54, 1.807) is 0 Å². The van der Waals surface area contributed by atoms with Crippen molar-refractivity contribution >= 4 is 0 Å². The van der Waals surface area contributed by atoms with Crippen molar-refractivity contribution in [2.75, 3.05) is 13.2 Å². The van der Waals surface area contributed by atoms with Gasteiger partial charge in [-0.25, -0.2) is 0 Å². The van der Waals surface area contributed by atoms with E-state index in [0.29, 0.717) is 12.5 Å². The maximum Gasteiger partial charge on any atom is 0.0659 e. The van der Waals surface area contributed by atoms with Crippen LogP contribution in [-0.2, 0) is 11.2 Å². The quantitative estimate of drug-likeness (QED) is 0.590. The van der Waals surface area contributed by atoms with Gasteiger partial charge in [0, 0.05) is 6.61 Å². The van der Waals surface area contributed by atoms with Crippen LogP contribution in [0.3, 0.4) is 0 Å². The van der Waals surface area contributed by atoms with Crippen molar-refractivity contribution in [3.05, 3.63) is 35.4 Å². The smallest absolute Gasteiger partial charge is 0.0659 e. The molecule has 1 aromatic rings. The summed E-state index contributed by atoms with van der Waals surface area (Å²) in [5.74, 6) is 0.695. The molecule has 2 N–H and O–H groups in total. The molecule has 0 spiro atoms. The van der Waals surface area contributed by atoms with Gasteiger partial charge >= 0.3 is 0 Å². The molecule has 0 heterocycles. The molecule has 0 aliphatic carbocycles. The summed E-state index contributed by atoms with van der Waals surface area (Å²) in [7, 11) is 0. The topological polar surface area (TPSA) is 35.2 Å². The van der Waals surface area contributed by atoms with Crippen molar-refractivity contribution in [1.29, 1.82) is 0 Å². The molecule has 2 nitrogen and oxygen atoms in total. The Bertz CT molecular complexity index is 358. The molecule has 0 aromatic heterocycles. The average molecular weight is 291 g/mol. The molecule has 0 saturated carbocycles. The summed E-state index contributed by atoms with van der Waals surface area (Å²) < 4.78 is 5.70. The van der Waals surface area contributed by atoms with E-state index in [-0.39, 0.29) is 6.04 Å². The second kappa shape index (κ2) is 10.8. The van der Waals surface area contributed by atoms with E-state index in [1.807, 2.05) is 0 Å². The first-order chi connectivity index (χ1) is 10.1. The maximum atomic E-state index is 6.18. The van der Waals surface area contributed by atoms with E-state index in [1.165, 1.54) is 36.8 Å². The van der Waals surface area contributed by atoms with Crippen LogP contribution in [0.2, 0.25) is 0 Å². The molecule has 1 atom stereocenters. The Hall–Kier alpha value is -0.860. The average Bonchev–Trinajstić information content (AvgIpc) is 2.46. The van der Waals surface area contributed by atoms with Crippen molar-refractivity contribution in [3.63, 3.8) is 0 Å². The van der Waals surface area contributed by atoms with Gasteiger partial charge in [-0.05, 0) is 29.9 Å². The van der Waals surface area contributed by atoms with Gasteiger partial charge in [-0.15, -0.1) is 0 Å². The molecule has 21 heavy (non-hydrogen) atoms. The first-order valence-corrected chi connectivity index (χ1v) is 8.55. The summed E-state index contributed by atoms with van der Waals surface area (Å²) >= 11 is 0. The molecule has 1 unspecified atom stereocenters. The predicted molar refractivity (Wildman–Crippen MR) is 91.5 cm³/mol. The fourth-order valence-corrected chi connectivity index (χ4v) is 2.49. The summed E-state index contributed by atoms with van der Waals surface area (Å²) in [4.78, 5) is 0. The minimum absolute atomic E-state index is 0.00579. The molecule has 0 fully saturated rings. The van der Waals surface area contributed by atoms with Crippen LogP contribution >= 0.6 is 0 Å². The van der Waals surface area contributed by atoms with Crippen LogP contribution in [-0.4, -0.2) is 13.2 Å². The SMILES string of the molecule is CCCCCCCOCC(N)c1ccc(CC(C)C)cc1. The maximum absolute atomic E-state index is 6.18. The highest BCUT2D eigenvalue weighted by Gasteiger charge is 2.06. The zero-order chi connectivity index (χ0) is 15.5. The molecular weight excluding hydrogens is 258 g/mol. The molecule has 120 valence electrons. The van der Waals surface area contributed by atoms with E-state index in [2.05, 4.69) is 45.0 Å². The lowest BCUT2D eigenvalue weighted by molar-refractivity contribution is 0.117. The van der Waals surface area contributed by atoms with Crippen LogP contribution in [0.1, 0.15) is 70.0 Å². The third-order valence-electron chi connectivity index (χ3n) is 3.74. The fourth-order valence-electron chi connectivity index (χ4n) is 2.49. The lowest BCUT2D eigenvalue weighted by atomic mass is 10.00. The number of ether oxygens (including phenoxy) is 1. The summed E-state index contributed by atoms with van der Waals surface area (Å²) in [5.41, 5.74) is 8.75. The Balaban J connectivity index is 2.21. The van der Waals surface area contributed by atoms with Crippen molar-refractivity contribution in [2.24, 2.45) is 11.7 Å². The van der Waals surface area contributed by atoms with E-state index < -0.39 is 0 Å². The van der Waals surface area contributed by atoms with Gasteiger partial charge in [0.1, 0.15) is 0 Å². The van der Waals surface area contributed by atoms with Crippen molar-refractivity contribution in [3.8, 4) is 0 Å². The third-order valence-corrected chi connectivity index (χ3v) is 3.74. The molecule has 0 bridgehead atoms. The van der Waals surface area contributed by atoms with Crippen LogP contribution in [0.25, 0.3) is 0 Å². The van der Waals surface area contributed by atoms with Crippen LogP contribution in [0, 0.1) is 5.92 Å². The summed E-state index contributed by atoms with van der Waals surface area (Å²) in [6.07, 6.45) is 7.50. The predicted octanol–water partition coefficient (Wildman–Crippen LogP) is 4.87. The van der Waals surface area contributed by atoms with Gasteiger partial charge in [-0.2, -0.15) is 0 Å². The van der Waals surface area contributed by atoms with Crippen LogP contribution in [0.15, 0.2) is 24.3 Å². The van der Waals surface area contributed by atoms with Gasteiger partial charge in [0.15, 0.2) is 0 Å². The number of unbranched alkanes of at least 4 members (excludes halogenated alkanes) is 4. The van der Waals surface area contributed by atoms with Crippen LogP contribution < -0.4 is 5.73 Å². The second-order valence-corrected chi connectivity index (χ2v) is 6.44. The summed E-state index contributed by atoms with van der Waals surface area (Å²) in [5, 5.41) is 0. The second-order valence-electron chi connectivity index (χ2n) is 6.44. The van der Waals surface area contributed by atoms with Gasteiger partial charge in [0.2, 0.25) is 0 Å². The van der Waals surface area contributed by atoms with Crippen molar-refractivity contribution in [1.82, 2.24) is 0 Å². The Morgan fingerprint density at radius 1 is 1.00 bits per heavy atom. The zero-order valence-electron chi connectivity index (χ0n) is 14.1. The zero-order valence-corrected chi connectivity index (χ0v) is 14.1. The van der Waals surface area contributed by atoms with Gasteiger partial charge in [-0.1, -0.05) is 70.7 Å². The van der Waals surface area contributed by atoms with Gasteiger partial charge in [-0.3, -0.25) is 0 Å². The molecule has 0 aliphatic heterocycles. The largest absolute Gasteiger partial charge is 0.379 e. The van der Waals surface area contributed by atoms with Crippen LogP contribution in [0.5, 0.6) is 0 Å². The van der Waals surface area contributed by atoms with Gasteiger partial charge in [0.05, 0.1) is 12.6 Å². The van der Waals surface area contributed by atoms with Gasteiger partial charge in [0.25, 0.3) is 0 Å². The number of hydrogen-bond acceptors (Lipinski definition) is 2. The summed E-state index contributed by atoms with van der Waals surface area (Å²) in [6.45, 7) is 8.18. The van der Waals surface area contributed by atoms with E-state index in [0.717, 1.165) is 19.4 Å². The first kappa shape index (κ1) is 18.2. The Morgan fingerprint density at radius 3 is 2.29 bits per heavy atom. The first-order valence-electron chi connectivity index (χ1n) is 8.55. The Kier molecular flexibility index (Phi) is 9.36. The van der Waals surface area contributed by atoms with Crippen LogP contribution in [0.4, 0.5) is 0 Å². The monoisotopic (exact) mass is 291 g/mol. The highest BCUT2D eigenvalue weighted by molar-refractivity contribution is 5.25. The lowest BCUT2D eigenvalue weighted by Crippen LogP contribution is -2.17. The molecule has 2 heteroatoms. The fraction of sp³-hybridized carbons (Fsp3) is 0.684. The number of hydrogen-bond donors (Lipinski definition) is 1. The summed E-state index contributed by atoms with van der Waals surface area (Å²) in [6, 6.07) is 8.67. The van der Waals surface area contributed by atoms with Crippen molar-refractivity contribution in [2.45, 2.75) is 65.3 Å². The molecule has 1 rings (SSSR count). The number of benzene rings is 1. The third kappa shape index (κ3) is 8.23. The number of rotatable bonds is 11. The minimum Gasteiger partial charge on any atom is -0.379 e. The van der Waals surface area contributed by atoms with E-state index in [4.69, 9.17) is 10.5 Å².